The molecule has 0 aliphatic heterocycles. The van der Waals surface area contributed by atoms with Crippen molar-refractivity contribution < 1.29 is 14.3 Å². The Kier molecular flexibility index (Phi) is 6.99. The summed E-state index contributed by atoms with van der Waals surface area (Å²) in [5.41, 5.74) is 6.48. The highest BCUT2D eigenvalue weighted by molar-refractivity contribution is 6.33. The third kappa shape index (κ3) is 5.29. The molecule has 1 amide bonds. The van der Waals surface area contributed by atoms with Gasteiger partial charge in [0.15, 0.2) is 0 Å². The van der Waals surface area contributed by atoms with Crippen molar-refractivity contribution in [1.82, 2.24) is 5.32 Å². The Morgan fingerprint density at radius 3 is 2.65 bits per heavy atom. The summed E-state index contributed by atoms with van der Waals surface area (Å²) in [5.74, 6) is 0.169. The zero-order valence-electron chi connectivity index (χ0n) is 13.6. The van der Waals surface area contributed by atoms with Crippen LogP contribution in [0.4, 0.5) is 5.69 Å². The van der Waals surface area contributed by atoms with Crippen LogP contribution in [-0.4, -0.2) is 32.3 Å². The second kappa shape index (κ2) is 8.99. The van der Waals surface area contributed by atoms with Crippen molar-refractivity contribution >= 4 is 23.2 Å². The topological polar surface area (TPSA) is 73.6 Å². The van der Waals surface area contributed by atoms with Gasteiger partial charge in [0.2, 0.25) is 0 Å². The standard InChI is InChI=1S/C17H25ClN2O3/c1-22-16-11-15(19)14(18)10-13(16)17(21)20-8-9-23-12-6-4-2-3-5-7-12/h10-12H,2-9,19H2,1H3,(H,20,21). The molecule has 1 aromatic rings. The van der Waals surface area contributed by atoms with Gasteiger partial charge in [-0.2, -0.15) is 0 Å². The summed E-state index contributed by atoms with van der Waals surface area (Å²) in [7, 11) is 1.49. The molecule has 0 saturated heterocycles. The van der Waals surface area contributed by atoms with Crippen molar-refractivity contribution in [2.45, 2.75) is 44.6 Å². The zero-order chi connectivity index (χ0) is 16.7. The first-order valence-electron chi connectivity index (χ1n) is 8.14. The van der Waals surface area contributed by atoms with Gasteiger partial charge in [-0.1, -0.05) is 37.3 Å². The van der Waals surface area contributed by atoms with E-state index in [2.05, 4.69) is 5.32 Å². The van der Waals surface area contributed by atoms with Crippen LogP contribution in [0.2, 0.25) is 5.02 Å². The average molecular weight is 341 g/mol. The molecule has 2 rings (SSSR count). The largest absolute Gasteiger partial charge is 0.496 e. The maximum absolute atomic E-state index is 12.2. The number of anilines is 1. The number of amides is 1. The van der Waals surface area contributed by atoms with E-state index in [9.17, 15) is 4.79 Å². The fraction of sp³-hybridized carbons (Fsp3) is 0.588. The van der Waals surface area contributed by atoms with Crippen molar-refractivity contribution in [3.05, 3.63) is 22.7 Å². The molecule has 1 aliphatic rings. The summed E-state index contributed by atoms with van der Waals surface area (Å²) in [5, 5.41) is 3.17. The van der Waals surface area contributed by atoms with Crippen molar-refractivity contribution in [1.29, 1.82) is 0 Å². The lowest BCUT2D eigenvalue weighted by atomic mass is 10.1. The number of benzene rings is 1. The summed E-state index contributed by atoms with van der Waals surface area (Å²) >= 11 is 5.98. The maximum atomic E-state index is 12.2. The predicted molar refractivity (Wildman–Crippen MR) is 92.2 cm³/mol. The third-order valence-corrected chi connectivity index (χ3v) is 4.43. The molecule has 128 valence electrons. The van der Waals surface area contributed by atoms with E-state index < -0.39 is 0 Å². The predicted octanol–water partition coefficient (Wildman–Crippen LogP) is 3.40. The number of ether oxygens (including phenoxy) is 2. The smallest absolute Gasteiger partial charge is 0.255 e. The molecule has 1 aliphatic carbocycles. The normalized spacial score (nSPS) is 15.9. The molecule has 0 heterocycles. The highest BCUT2D eigenvalue weighted by Crippen LogP contribution is 2.28. The minimum Gasteiger partial charge on any atom is -0.496 e. The summed E-state index contributed by atoms with van der Waals surface area (Å²) in [6.45, 7) is 0.974. The molecule has 1 fully saturated rings. The van der Waals surface area contributed by atoms with Gasteiger partial charge in [-0.3, -0.25) is 4.79 Å². The number of methoxy groups -OCH3 is 1. The fourth-order valence-corrected chi connectivity index (χ4v) is 2.97. The maximum Gasteiger partial charge on any atom is 0.255 e. The van der Waals surface area contributed by atoms with E-state index in [0.29, 0.717) is 41.3 Å². The number of halogens is 1. The second-order valence-electron chi connectivity index (χ2n) is 5.81. The van der Waals surface area contributed by atoms with Crippen LogP contribution in [0, 0.1) is 0 Å². The van der Waals surface area contributed by atoms with Crippen LogP contribution in [0.1, 0.15) is 48.9 Å². The molecule has 0 radical (unpaired) electrons. The first kappa shape index (κ1) is 17.9. The van der Waals surface area contributed by atoms with Crippen LogP contribution in [-0.2, 0) is 4.74 Å². The molecule has 0 unspecified atom stereocenters. The zero-order valence-corrected chi connectivity index (χ0v) is 14.3. The van der Waals surface area contributed by atoms with E-state index >= 15 is 0 Å². The van der Waals surface area contributed by atoms with Crippen LogP contribution in [0.25, 0.3) is 0 Å². The molecule has 23 heavy (non-hydrogen) atoms. The van der Waals surface area contributed by atoms with E-state index in [0.717, 1.165) is 12.8 Å². The lowest BCUT2D eigenvalue weighted by Crippen LogP contribution is -2.29. The third-order valence-electron chi connectivity index (χ3n) is 4.11. The monoisotopic (exact) mass is 340 g/mol. The highest BCUT2D eigenvalue weighted by atomic mass is 35.5. The van der Waals surface area contributed by atoms with E-state index in [-0.39, 0.29) is 5.91 Å². The first-order valence-corrected chi connectivity index (χ1v) is 8.52. The van der Waals surface area contributed by atoms with Crippen molar-refractivity contribution in [3.63, 3.8) is 0 Å². The van der Waals surface area contributed by atoms with Gasteiger partial charge >= 0.3 is 0 Å². The van der Waals surface area contributed by atoms with Gasteiger partial charge in [-0.15, -0.1) is 0 Å². The molecule has 3 N–H and O–H groups in total. The second-order valence-corrected chi connectivity index (χ2v) is 6.22. The quantitative estimate of drug-likeness (QED) is 0.473. The lowest BCUT2D eigenvalue weighted by Gasteiger charge is -2.16. The van der Waals surface area contributed by atoms with E-state index in [1.54, 1.807) is 6.07 Å². The summed E-state index contributed by atoms with van der Waals surface area (Å²) in [6.07, 6.45) is 7.64. The van der Waals surface area contributed by atoms with Gasteiger partial charge < -0.3 is 20.5 Å². The summed E-state index contributed by atoms with van der Waals surface area (Å²) in [6, 6.07) is 3.08. The minimum absolute atomic E-state index is 0.242. The molecule has 0 atom stereocenters. The Morgan fingerprint density at radius 2 is 2.00 bits per heavy atom. The Balaban J connectivity index is 1.81. The number of hydrogen-bond acceptors (Lipinski definition) is 4. The average Bonchev–Trinajstić information content (AvgIpc) is 2.82. The molecular formula is C17H25ClN2O3. The lowest BCUT2D eigenvalue weighted by molar-refractivity contribution is 0.0441. The number of carbonyl (C=O) groups excluding carboxylic acids is 1. The molecule has 0 aromatic heterocycles. The fourth-order valence-electron chi connectivity index (χ4n) is 2.81. The molecule has 0 spiro atoms. The summed E-state index contributed by atoms with van der Waals surface area (Å²) in [4.78, 5) is 12.2. The molecule has 1 saturated carbocycles. The van der Waals surface area contributed by atoms with Gasteiger partial charge in [-0.25, -0.2) is 0 Å². The van der Waals surface area contributed by atoms with Crippen molar-refractivity contribution in [2.75, 3.05) is 26.0 Å². The molecule has 0 bridgehead atoms. The van der Waals surface area contributed by atoms with Gasteiger partial charge in [0.05, 0.1) is 36.1 Å². The first-order chi connectivity index (χ1) is 11.1. The van der Waals surface area contributed by atoms with Crippen LogP contribution in [0.3, 0.4) is 0 Å². The number of nitrogen functional groups attached to an aromatic ring is 1. The van der Waals surface area contributed by atoms with Crippen LogP contribution in [0.15, 0.2) is 12.1 Å². The van der Waals surface area contributed by atoms with Crippen LogP contribution >= 0.6 is 11.6 Å². The van der Waals surface area contributed by atoms with E-state index in [4.69, 9.17) is 26.8 Å². The van der Waals surface area contributed by atoms with Crippen LogP contribution < -0.4 is 15.8 Å². The number of nitrogens with one attached hydrogen (secondary N) is 1. The van der Waals surface area contributed by atoms with Crippen molar-refractivity contribution in [2.24, 2.45) is 0 Å². The Bertz CT molecular complexity index is 529. The molecule has 1 aromatic carbocycles. The van der Waals surface area contributed by atoms with Crippen LogP contribution in [0.5, 0.6) is 5.75 Å². The van der Waals surface area contributed by atoms with Crippen molar-refractivity contribution in [3.8, 4) is 5.75 Å². The molecule has 6 heteroatoms. The van der Waals surface area contributed by atoms with Gasteiger partial charge in [0, 0.05) is 12.6 Å². The molecular weight excluding hydrogens is 316 g/mol. The van der Waals surface area contributed by atoms with Gasteiger partial charge in [0.1, 0.15) is 5.75 Å². The Morgan fingerprint density at radius 1 is 1.30 bits per heavy atom. The van der Waals surface area contributed by atoms with E-state index in [1.165, 1.54) is 38.9 Å². The van der Waals surface area contributed by atoms with Gasteiger partial charge in [-0.05, 0) is 18.9 Å². The Labute approximate surface area is 142 Å². The number of nitrogens with two attached hydrogens (primary N) is 1. The SMILES string of the molecule is COc1cc(N)c(Cl)cc1C(=O)NCCOC1CCCCCC1. The van der Waals surface area contributed by atoms with Gasteiger partial charge in [0.25, 0.3) is 5.91 Å². The number of carbonyl (C=O) groups is 1. The number of hydrogen-bond donors (Lipinski definition) is 2. The number of rotatable bonds is 6. The molecule has 5 nitrogen and oxygen atoms in total. The summed E-state index contributed by atoms with van der Waals surface area (Å²) < 4.78 is 11.0. The van der Waals surface area contributed by atoms with E-state index in [1.807, 2.05) is 0 Å². The highest BCUT2D eigenvalue weighted by Gasteiger charge is 2.15. The minimum atomic E-state index is -0.242. The Hall–Kier alpha value is -1.46.